The number of aliphatic hydroxyl groups excluding tert-OH is 1. The highest BCUT2D eigenvalue weighted by Gasteiger charge is 2.64. The largest absolute Gasteiger partial charge is 0.462 e. The molecule has 1 aromatic carbocycles. The summed E-state index contributed by atoms with van der Waals surface area (Å²) < 4.78 is 148. The molecule has 61 heteroatoms. The molecule has 7 aliphatic heterocycles. The van der Waals surface area contributed by atoms with E-state index in [2.05, 4.69) is 80.2 Å². The molecular weight excluding hydrogens is 1950 g/mol. The molecule has 16 rings (SSSR count). The number of carbonyl (C=O) groups is 4. The molecule has 7 saturated heterocycles. The molecule has 7 aliphatic rings. The molecule has 7 fully saturated rings. The first-order valence-corrected chi connectivity index (χ1v) is 49.4. The monoisotopic (exact) mass is 2050 g/mol. The molecule has 8 aromatic heterocycles. The second kappa shape index (κ2) is 40.0. The number of nitrogens with two attached hydrogens (primary N) is 4. The molecule has 740 valence electrons. The van der Waals surface area contributed by atoms with Gasteiger partial charge in [0.25, 0.3) is 22.2 Å². The quantitative estimate of drug-likeness (QED) is 0.0150. The molecule has 9 aromatic rings. The number of hydrogen-bond acceptors (Lipinski definition) is 41. The molecule has 53 nitrogen and oxygen atoms in total. The number of nitrogens with one attached hydrogen (secondary N) is 8. The van der Waals surface area contributed by atoms with Gasteiger partial charge >= 0.3 is 54.9 Å². The molecule has 0 radical (unpaired) electrons. The lowest BCUT2D eigenvalue weighted by Crippen LogP contribution is -2.47. The van der Waals surface area contributed by atoms with Gasteiger partial charge in [-0.05, 0) is 123 Å². The topological polar surface area (TPSA) is 711 Å². The number of ether oxygens (including phenoxy) is 8. The van der Waals surface area contributed by atoms with E-state index < -0.39 is 207 Å². The number of halogens is 4. The molecule has 0 spiro atoms. The Morgan fingerprint density at radius 1 is 0.467 bits per heavy atom. The van der Waals surface area contributed by atoms with Gasteiger partial charge in [-0.15, -0.1) is 46.4 Å². The van der Waals surface area contributed by atoms with Crippen molar-refractivity contribution >= 4 is 170 Å². The minimum Gasteiger partial charge on any atom is -0.462 e. The standard InChI is InChI=1S/C23H30ClN6O8P.3C17H24ClN6O7P/c1-12(2)36-20(33)13(3)29-39(34,38-14-8-6-5-7-9-14)35-10-15-17(31)23(4,24)21(37-15)30-11-26-16-18(30)27-22(25)28-19(16)32;3*1-7(2)29-14(26)8(3)23-32(27)28-5-9-11(31-32)17(4,18)15(30-9)24-6-20-10-12(24)21-16(19)22-13(10)25/h5-9,11-13,15,17,21,31H,10H2,1-4H3,(H,29,34)(H3,25,27,28,32);3*6-9,11,15H,5H2,1-4H3,(H,23,27)(H3,19,21,22,25)/t13?,15-,17-,21-,23-,39?;8-,9+,11+,15+,17+,32+;8-,9+,11+,15+,17+,32-;8-,9-,11-,15-,17-,32+/m1001/s1. The van der Waals surface area contributed by atoms with Crippen molar-refractivity contribution in [1.29, 1.82) is 0 Å². The van der Waals surface area contributed by atoms with Gasteiger partial charge in [0, 0.05) is 0 Å². The summed E-state index contributed by atoms with van der Waals surface area (Å²) in [5, 5.41) is 21.3. The van der Waals surface area contributed by atoms with Crippen molar-refractivity contribution in [2.24, 2.45) is 0 Å². The lowest BCUT2D eigenvalue weighted by atomic mass is 10.0. The van der Waals surface area contributed by atoms with E-state index in [1.165, 1.54) is 78.2 Å². The predicted octanol–water partition coefficient (Wildman–Crippen LogP) is 5.24. The molecule has 24 atom stereocenters. The maximum absolute atomic E-state index is 13.8. The zero-order valence-corrected chi connectivity index (χ0v) is 81.5. The molecule has 0 aliphatic carbocycles. The van der Waals surface area contributed by atoms with Crippen LogP contribution in [0.4, 0.5) is 23.8 Å². The van der Waals surface area contributed by atoms with Gasteiger partial charge in [0.15, 0.2) is 69.6 Å². The van der Waals surface area contributed by atoms with Crippen LogP contribution in [0.15, 0.2) is 74.8 Å². The molecule has 0 bridgehead atoms. The van der Waals surface area contributed by atoms with Gasteiger partial charge in [0.1, 0.15) is 98.2 Å². The number of para-hydroxylation sites is 1. The van der Waals surface area contributed by atoms with Crippen molar-refractivity contribution in [3.63, 3.8) is 0 Å². The lowest BCUT2D eigenvalue weighted by molar-refractivity contribution is -0.150. The van der Waals surface area contributed by atoms with Crippen molar-refractivity contribution in [3.8, 4) is 5.75 Å². The molecule has 2 unspecified atom stereocenters. The second-order valence-electron chi connectivity index (χ2n) is 33.8. The molecule has 17 N–H and O–H groups in total. The van der Waals surface area contributed by atoms with E-state index in [1.807, 2.05) is 0 Å². The van der Waals surface area contributed by atoms with Gasteiger partial charge in [0.2, 0.25) is 23.8 Å². The second-order valence-corrected chi connectivity index (χ2v) is 43.9. The minimum atomic E-state index is -4.23. The summed E-state index contributed by atoms with van der Waals surface area (Å²) in [4.78, 5) is 134. The van der Waals surface area contributed by atoms with E-state index in [4.69, 9.17) is 143 Å². The fourth-order valence-electron chi connectivity index (χ4n) is 15.0. The normalized spacial score (nSPS) is 31.1. The fraction of sp³-hybridized carbons (Fsp3) is 0.595. The minimum absolute atomic E-state index is 0.00156. The zero-order valence-electron chi connectivity index (χ0n) is 74.9. The smallest absolute Gasteiger partial charge is 0.459 e. The van der Waals surface area contributed by atoms with Gasteiger partial charge in [-0.3, -0.25) is 108 Å². The van der Waals surface area contributed by atoms with Crippen LogP contribution in [-0.4, -0.2) is 250 Å². The van der Waals surface area contributed by atoms with Crippen molar-refractivity contribution in [3.05, 3.63) is 97.1 Å². The van der Waals surface area contributed by atoms with Crippen molar-refractivity contribution in [1.82, 2.24) is 98.4 Å². The number of carbonyl (C=O) groups excluding carboxylic acids is 4. The van der Waals surface area contributed by atoms with Crippen LogP contribution < -0.4 is 70.0 Å². The average molecular weight is 2060 g/mol. The van der Waals surface area contributed by atoms with Gasteiger partial charge in [-0.25, -0.2) is 53.5 Å². The number of fused-ring (bicyclic) bond motifs is 7. The third-order valence-electron chi connectivity index (χ3n) is 21.2. The Morgan fingerprint density at radius 3 is 1.02 bits per heavy atom. The highest BCUT2D eigenvalue weighted by atomic mass is 35.5. The molecule has 0 amide bonds. The van der Waals surface area contributed by atoms with Crippen molar-refractivity contribution in [2.75, 3.05) is 49.4 Å². The maximum atomic E-state index is 13.8. The molecular formula is C74H102Cl4N24O29P4. The number of nitrogen functional groups attached to an aromatic ring is 4. The van der Waals surface area contributed by atoms with E-state index in [0.29, 0.717) is 0 Å². The van der Waals surface area contributed by atoms with E-state index in [9.17, 15) is 61.7 Å². The van der Waals surface area contributed by atoms with Crippen molar-refractivity contribution < 1.29 is 117 Å². The number of nitrogens with zero attached hydrogens (tertiary/aromatic N) is 12. The summed E-state index contributed by atoms with van der Waals surface area (Å²) in [6.45, 7) is 25.2. The fourth-order valence-corrected chi connectivity index (χ4v) is 23.3. The average Bonchev–Trinajstić information content (AvgIpc) is 1.58. The molecule has 135 heavy (non-hydrogen) atoms. The number of imidazole rings is 4. The van der Waals surface area contributed by atoms with E-state index in [0.717, 1.165) is 0 Å². The maximum Gasteiger partial charge on any atom is 0.459 e. The third-order valence-corrected chi connectivity index (χ3v) is 29.5. The van der Waals surface area contributed by atoms with Crippen molar-refractivity contribution in [2.45, 2.75) is 253 Å². The summed E-state index contributed by atoms with van der Waals surface area (Å²) in [5.41, 5.74) is 21.4. The van der Waals surface area contributed by atoms with Crippen LogP contribution in [0.5, 0.6) is 5.75 Å². The summed E-state index contributed by atoms with van der Waals surface area (Å²) >= 11 is 27.2. The Morgan fingerprint density at radius 2 is 0.741 bits per heavy atom. The lowest BCUT2D eigenvalue weighted by Gasteiger charge is -2.36. The van der Waals surface area contributed by atoms with Gasteiger partial charge in [-0.1, -0.05) is 18.2 Å². The highest BCUT2D eigenvalue weighted by molar-refractivity contribution is 7.52. The van der Waals surface area contributed by atoms with Gasteiger partial charge in [-0.2, -0.15) is 25.0 Å². The van der Waals surface area contributed by atoms with Gasteiger partial charge < -0.3 is 70.5 Å². The van der Waals surface area contributed by atoms with E-state index in [1.54, 1.807) is 106 Å². The first kappa shape index (κ1) is 103. The van der Waals surface area contributed by atoms with Crippen LogP contribution in [0.2, 0.25) is 0 Å². The van der Waals surface area contributed by atoms with Crippen LogP contribution in [0.1, 0.15) is 136 Å². The van der Waals surface area contributed by atoms with Crippen LogP contribution in [0.3, 0.4) is 0 Å². The number of aromatic amines is 4. The van der Waals surface area contributed by atoms with Crippen LogP contribution in [-0.2, 0) is 107 Å². The Hall–Kier alpha value is -9.06. The number of hydrogen-bond donors (Lipinski definition) is 13. The summed E-state index contributed by atoms with van der Waals surface area (Å²) in [6, 6.07) is 4.31. The SMILES string of the molecule is CC(C)OC(=O)C(C)NP(=O)(OC[C@H]1O[C@@H](n2cnc3c(=O)[nH]c(N)nc32)[C@](C)(Cl)[C@@H]1O)Oc1ccccc1.CC(C)OC(=O)[C@@H](C)N[P@]1(=O)OC[C@H]2O[C@@H](n3cnc4c(=O)[nH]c(N)nc43)[C@](C)(Cl)[C@@H]2O1.CC(C)OC(=O)[C@H](C)N[P@@]1(=O)OC[C@H]2O[C@@H](n3cnc4c(=O)[nH]c(N)nc43)[C@](C)(Cl)[C@@H]2O1.CC(C)OC(=O)[C@H](C)N[P@]1(=O)OC[C@H]2O[C@@H](n3cnc4c(=O)[nH]c(N)nc43)[C@](C)(Cl)[C@@H]2O1. The Kier molecular flexibility index (Phi) is 30.6. The number of alkyl halides is 4. The number of H-pyrrole nitrogens is 4. The van der Waals surface area contributed by atoms with Crippen LogP contribution in [0.25, 0.3) is 44.7 Å². The number of esters is 4. The van der Waals surface area contributed by atoms with E-state index in [-0.39, 0.29) is 112 Å². The zero-order chi connectivity index (χ0) is 98.8. The molecule has 0 saturated carbocycles. The first-order chi connectivity index (χ1) is 63.0. The van der Waals surface area contributed by atoms with Crippen LogP contribution in [0, 0.1) is 0 Å². The van der Waals surface area contributed by atoms with Crippen LogP contribution >= 0.6 is 77.4 Å². The predicted molar refractivity (Wildman–Crippen MR) is 480 cm³/mol. The highest BCUT2D eigenvalue weighted by Crippen LogP contribution is 2.62. The Labute approximate surface area is 785 Å². The number of benzene rings is 1. The number of anilines is 4. The molecule has 15 heterocycles. The first-order valence-electron chi connectivity index (χ1n) is 41.7. The summed E-state index contributed by atoms with van der Waals surface area (Å²) in [7, 11) is -16.0. The third kappa shape index (κ3) is 22.3. The van der Waals surface area contributed by atoms with E-state index >= 15 is 0 Å². The summed E-state index contributed by atoms with van der Waals surface area (Å²) in [5.74, 6) is -2.66. The van der Waals surface area contributed by atoms with Gasteiger partial charge in [0.05, 0.1) is 76.2 Å². The Bertz CT molecular complexity index is 5950. The number of aliphatic hydroxyl groups is 1. The Balaban J connectivity index is 0.000000153. The number of rotatable bonds is 25. The number of aromatic nitrogens is 16. The summed E-state index contributed by atoms with van der Waals surface area (Å²) in [6.07, 6.45) is -6.90.